The summed E-state index contributed by atoms with van der Waals surface area (Å²) < 4.78 is 0. The number of fused-ring (bicyclic) bond motifs is 1. The van der Waals surface area contributed by atoms with E-state index in [-0.39, 0.29) is 12.5 Å². The molecular weight excluding hydrogens is 532 g/mol. The van der Waals surface area contributed by atoms with Crippen LogP contribution in [0.5, 0.6) is 0 Å². The highest BCUT2D eigenvalue weighted by Gasteiger charge is 2.40. The number of carboxylic acids is 1. The Hall–Kier alpha value is -4.36. The van der Waals surface area contributed by atoms with E-state index in [0.717, 1.165) is 18.4 Å². The lowest BCUT2D eigenvalue weighted by Crippen LogP contribution is -2.55. The van der Waals surface area contributed by atoms with Crippen molar-refractivity contribution in [2.45, 2.75) is 71.0 Å². The number of tetrazole rings is 1. The van der Waals surface area contributed by atoms with Gasteiger partial charge in [0.05, 0.1) is 24.9 Å². The van der Waals surface area contributed by atoms with E-state index < -0.39 is 60.1 Å². The molecule has 2 aliphatic rings. The van der Waals surface area contributed by atoms with E-state index in [0.29, 0.717) is 37.2 Å². The van der Waals surface area contributed by atoms with Crippen LogP contribution in [0.4, 0.5) is 5.69 Å². The maximum Gasteiger partial charge on any atom is 0.307 e. The van der Waals surface area contributed by atoms with E-state index in [9.17, 15) is 29.1 Å². The van der Waals surface area contributed by atoms with Gasteiger partial charge in [-0.25, -0.2) is 0 Å². The van der Waals surface area contributed by atoms with Gasteiger partial charge in [-0.2, -0.15) is 5.21 Å². The number of hydrogen-bond acceptors (Lipinski definition) is 8. The summed E-state index contributed by atoms with van der Waals surface area (Å²) in [6.07, 6.45) is 3.22. The zero-order valence-electron chi connectivity index (χ0n) is 23.1. The van der Waals surface area contributed by atoms with Gasteiger partial charge in [-0.3, -0.25) is 28.9 Å². The van der Waals surface area contributed by atoms with Gasteiger partial charge in [-0.05, 0) is 30.4 Å². The first-order valence-electron chi connectivity index (χ1n) is 13.9. The van der Waals surface area contributed by atoms with Crippen molar-refractivity contribution >= 4 is 35.3 Å². The van der Waals surface area contributed by atoms with Gasteiger partial charge in [0.1, 0.15) is 12.1 Å². The monoisotopic (exact) mass is 568 g/mol. The number of benzene rings is 1. The molecule has 3 unspecified atom stereocenters. The van der Waals surface area contributed by atoms with Gasteiger partial charge in [0, 0.05) is 12.1 Å². The molecule has 2 aromatic rings. The molecule has 5 N–H and O–H groups in total. The third-order valence-electron chi connectivity index (χ3n) is 7.98. The second-order valence-corrected chi connectivity index (χ2v) is 10.6. The van der Waals surface area contributed by atoms with Crippen molar-refractivity contribution < 1.29 is 29.1 Å². The molecule has 5 atom stereocenters. The summed E-state index contributed by atoms with van der Waals surface area (Å²) in [5, 5.41) is 31.1. The molecule has 1 aromatic carbocycles. The van der Waals surface area contributed by atoms with Crippen molar-refractivity contribution in [2.75, 3.05) is 11.4 Å². The zero-order valence-corrected chi connectivity index (χ0v) is 23.1. The summed E-state index contributed by atoms with van der Waals surface area (Å²) in [5.41, 5.74) is 1.40. The number of para-hydroxylation sites is 1. The van der Waals surface area contributed by atoms with Crippen LogP contribution in [0.3, 0.4) is 0 Å². The predicted molar refractivity (Wildman–Crippen MR) is 145 cm³/mol. The van der Waals surface area contributed by atoms with Crippen LogP contribution in [0, 0.1) is 17.8 Å². The van der Waals surface area contributed by atoms with Crippen molar-refractivity contribution in [3.05, 3.63) is 35.7 Å². The second kappa shape index (κ2) is 13.3. The molecule has 1 fully saturated rings. The van der Waals surface area contributed by atoms with E-state index in [1.54, 1.807) is 12.1 Å². The average molecular weight is 569 g/mol. The van der Waals surface area contributed by atoms with Crippen LogP contribution in [0.2, 0.25) is 0 Å². The number of carbonyl (C=O) groups excluding carboxylic acids is 4. The maximum atomic E-state index is 13.4. The Morgan fingerprint density at radius 1 is 1.07 bits per heavy atom. The first-order valence-corrected chi connectivity index (χ1v) is 13.9. The quantitative estimate of drug-likeness (QED) is 0.253. The molecule has 220 valence electrons. The molecule has 1 saturated carbocycles. The third-order valence-corrected chi connectivity index (χ3v) is 7.98. The number of anilines is 1. The summed E-state index contributed by atoms with van der Waals surface area (Å²) in [5.74, 6) is -4.39. The molecule has 4 rings (SSSR count). The Kier molecular flexibility index (Phi) is 9.63. The highest BCUT2D eigenvalue weighted by atomic mass is 16.4. The molecule has 0 saturated heterocycles. The summed E-state index contributed by atoms with van der Waals surface area (Å²) in [7, 11) is 0. The molecule has 1 aromatic heterocycles. The third kappa shape index (κ3) is 6.87. The topological polar surface area (TPSA) is 199 Å². The zero-order chi connectivity index (χ0) is 29.5. The first kappa shape index (κ1) is 29.6. The summed E-state index contributed by atoms with van der Waals surface area (Å²) in [6.45, 7) is 3.32. The lowest BCUT2D eigenvalue weighted by atomic mass is 9.78. The number of hydrogen-bond donors (Lipinski definition) is 5. The van der Waals surface area contributed by atoms with Crippen LogP contribution in [0.15, 0.2) is 24.3 Å². The SMILES string of the molecule is CC[C@H](C)C(NC(=O)C1CCCCC1C(=O)O)C(=O)NCC(=O)N1c2ccccc2C[C@H]1C(=O)NCc1nn[nH]n1. The molecular formula is C27H36N8O6. The van der Waals surface area contributed by atoms with Crippen molar-refractivity contribution in [2.24, 2.45) is 17.8 Å². The molecule has 14 heteroatoms. The van der Waals surface area contributed by atoms with Gasteiger partial charge < -0.3 is 21.1 Å². The normalized spacial score (nSPS) is 21.3. The fourth-order valence-corrected chi connectivity index (χ4v) is 5.51. The largest absolute Gasteiger partial charge is 0.481 e. The van der Waals surface area contributed by atoms with E-state index in [2.05, 4.69) is 36.6 Å². The van der Waals surface area contributed by atoms with Crippen molar-refractivity contribution in [1.82, 2.24) is 36.6 Å². The van der Waals surface area contributed by atoms with Crippen molar-refractivity contribution in [1.29, 1.82) is 0 Å². The van der Waals surface area contributed by atoms with E-state index in [1.165, 1.54) is 4.90 Å². The van der Waals surface area contributed by atoms with E-state index in [1.807, 2.05) is 26.0 Å². The van der Waals surface area contributed by atoms with Crippen molar-refractivity contribution in [3.63, 3.8) is 0 Å². The van der Waals surface area contributed by atoms with E-state index in [4.69, 9.17) is 0 Å². The summed E-state index contributed by atoms with van der Waals surface area (Å²) >= 11 is 0. The molecule has 0 spiro atoms. The predicted octanol–water partition coefficient (Wildman–Crippen LogP) is 0.312. The molecule has 41 heavy (non-hydrogen) atoms. The minimum Gasteiger partial charge on any atom is -0.481 e. The lowest BCUT2D eigenvalue weighted by Gasteiger charge is -2.31. The smallest absolute Gasteiger partial charge is 0.307 e. The number of aliphatic carboxylic acids is 1. The van der Waals surface area contributed by atoms with Crippen LogP contribution in [0.1, 0.15) is 57.3 Å². The number of H-pyrrole nitrogens is 1. The maximum absolute atomic E-state index is 13.4. The van der Waals surface area contributed by atoms with Gasteiger partial charge in [0.15, 0.2) is 5.82 Å². The Balaban J connectivity index is 1.42. The fourth-order valence-electron chi connectivity index (χ4n) is 5.51. The second-order valence-electron chi connectivity index (χ2n) is 10.6. The highest BCUT2D eigenvalue weighted by molar-refractivity contribution is 6.05. The first-order chi connectivity index (χ1) is 19.7. The average Bonchev–Trinajstić information content (AvgIpc) is 3.65. The van der Waals surface area contributed by atoms with E-state index >= 15 is 0 Å². The molecule has 0 radical (unpaired) electrons. The molecule has 4 amide bonds. The number of carboxylic acid groups (broad SMARTS) is 1. The van der Waals surface area contributed by atoms with Crippen LogP contribution in [-0.4, -0.2) is 74.0 Å². The molecule has 2 heterocycles. The van der Waals surface area contributed by atoms with Gasteiger partial charge in [-0.15, -0.1) is 10.2 Å². The highest BCUT2D eigenvalue weighted by Crippen LogP contribution is 2.33. The Labute approximate surface area is 237 Å². The fraction of sp³-hybridized carbons (Fsp3) is 0.556. The molecule has 1 aliphatic carbocycles. The van der Waals surface area contributed by atoms with Crippen LogP contribution in [0.25, 0.3) is 0 Å². The number of rotatable bonds is 11. The molecule has 0 bridgehead atoms. The number of amides is 4. The Morgan fingerprint density at radius 2 is 1.80 bits per heavy atom. The number of aromatic amines is 1. The van der Waals surface area contributed by atoms with Crippen molar-refractivity contribution in [3.8, 4) is 0 Å². The van der Waals surface area contributed by atoms with Gasteiger partial charge in [-0.1, -0.05) is 56.5 Å². The standard InChI is InChI=1S/C27H36N8O6/c1-3-15(2)23(30-24(37)17-9-5-6-10-18(17)27(40)41)26(39)29-14-22(36)35-19-11-7-4-8-16(19)12-20(35)25(38)28-13-21-31-33-34-32-21/h4,7-8,11,15,17-18,20,23H,3,5-6,9-10,12-14H2,1-2H3,(H,28,38)(H,29,39)(H,30,37)(H,40,41)(H,31,32,33,34)/t15-,17?,18?,20-,23?/m0/s1. The van der Waals surface area contributed by atoms with Gasteiger partial charge >= 0.3 is 5.97 Å². The minimum absolute atomic E-state index is 0.0287. The van der Waals surface area contributed by atoms with Gasteiger partial charge in [0.2, 0.25) is 23.6 Å². The van der Waals surface area contributed by atoms with Crippen LogP contribution < -0.4 is 20.9 Å². The molecule has 1 aliphatic heterocycles. The van der Waals surface area contributed by atoms with Crippen LogP contribution in [-0.2, 0) is 36.9 Å². The Bertz CT molecular complexity index is 1270. The molecule has 14 nitrogen and oxygen atoms in total. The number of aromatic nitrogens is 4. The van der Waals surface area contributed by atoms with Crippen LogP contribution >= 0.6 is 0 Å². The summed E-state index contributed by atoms with van der Waals surface area (Å²) in [6, 6.07) is 5.38. The number of nitrogens with one attached hydrogen (secondary N) is 4. The number of carbonyl (C=O) groups is 5. The lowest BCUT2D eigenvalue weighted by molar-refractivity contribution is -0.149. The van der Waals surface area contributed by atoms with Gasteiger partial charge in [0.25, 0.3) is 0 Å². The Morgan fingerprint density at radius 3 is 2.49 bits per heavy atom. The minimum atomic E-state index is -1.01. The summed E-state index contributed by atoms with van der Waals surface area (Å²) in [4.78, 5) is 66.0. The number of nitrogens with zero attached hydrogens (tertiary/aromatic N) is 4.